The molecule has 0 aromatic carbocycles. The first-order valence-electron chi connectivity index (χ1n) is 8.18. The number of nitrogens with one attached hydrogen (secondary N) is 1. The van der Waals surface area contributed by atoms with Gasteiger partial charge in [-0.25, -0.2) is 9.97 Å². The van der Waals surface area contributed by atoms with Gasteiger partial charge in [-0.05, 0) is 38.3 Å². The lowest BCUT2D eigenvalue weighted by molar-refractivity contribution is -0.121. The minimum absolute atomic E-state index is 0.0363. The van der Waals surface area contributed by atoms with Crippen LogP contribution in [-0.2, 0) is 17.9 Å². The zero-order valence-electron chi connectivity index (χ0n) is 13.5. The van der Waals surface area contributed by atoms with Crippen molar-refractivity contribution in [3.8, 4) is 0 Å². The molecule has 1 saturated heterocycles. The van der Waals surface area contributed by atoms with Crippen molar-refractivity contribution in [2.24, 2.45) is 0 Å². The molecule has 1 fully saturated rings. The van der Waals surface area contributed by atoms with Crippen molar-refractivity contribution in [2.45, 2.75) is 39.3 Å². The van der Waals surface area contributed by atoms with Gasteiger partial charge in [0.2, 0.25) is 5.91 Å². The molecule has 122 valence electrons. The van der Waals surface area contributed by atoms with Crippen LogP contribution in [0.25, 0.3) is 0 Å². The summed E-state index contributed by atoms with van der Waals surface area (Å²) < 4.78 is 1.84. The van der Waals surface area contributed by atoms with E-state index in [1.165, 1.54) is 19.3 Å². The number of carbonyl (C=O) groups is 1. The average Bonchev–Trinajstić information content (AvgIpc) is 3.06. The monoisotopic (exact) mass is 313 g/mol. The quantitative estimate of drug-likeness (QED) is 0.915. The molecule has 1 amide bonds. The second-order valence-electron chi connectivity index (χ2n) is 5.96. The number of hydrogen-bond donors (Lipinski definition) is 1. The van der Waals surface area contributed by atoms with Gasteiger partial charge in [-0.15, -0.1) is 0 Å². The lowest BCUT2D eigenvalue weighted by atomic mass is 10.1. The molecule has 1 aliphatic rings. The van der Waals surface area contributed by atoms with E-state index in [0.29, 0.717) is 18.9 Å². The molecule has 0 bridgehead atoms. The first-order valence-corrected chi connectivity index (χ1v) is 8.18. The summed E-state index contributed by atoms with van der Waals surface area (Å²) in [5.41, 5.74) is 0.940. The highest BCUT2D eigenvalue weighted by Gasteiger charge is 2.14. The van der Waals surface area contributed by atoms with E-state index >= 15 is 0 Å². The summed E-state index contributed by atoms with van der Waals surface area (Å²) in [6.07, 6.45) is 7.47. The summed E-state index contributed by atoms with van der Waals surface area (Å²) in [7, 11) is 0. The van der Waals surface area contributed by atoms with E-state index < -0.39 is 0 Å². The Labute approximate surface area is 136 Å². The summed E-state index contributed by atoms with van der Waals surface area (Å²) in [5, 5.41) is 2.89. The van der Waals surface area contributed by atoms with Crippen molar-refractivity contribution in [3.63, 3.8) is 0 Å². The molecule has 0 radical (unpaired) electrons. The van der Waals surface area contributed by atoms with Gasteiger partial charge in [0, 0.05) is 37.2 Å². The third kappa shape index (κ3) is 4.31. The number of aryl methyl sites for hydroxylation is 1. The van der Waals surface area contributed by atoms with E-state index in [1.54, 1.807) is 0 Å². The van der Waals surface area contributed by atoms with Crippen LogP contribution in [0.3, 0.4) is 0 Å². The normalized spacial score (nSPS) is 14.7. The van der Waals surface area contributed by atoms with E-state index in [-0.39, 0.29) is 5.91 Å². The van der Waals surface area contributed by atoms with Gasteiger partial charge in [-0.3, -0.25) is 4.79 Å². The van der Waals surface area contributed by atoms with Crippen molar-refractivity contribution >= 4 is 11.7 Å². The molecule has 23 heavy (non-hydrogen) atoms. The van der Waals surface area contributed by atoms with Crippen molar-refractivity contribution in [1.82, 2.24) is 19.9 Å². The zero-order valence-corrected chi connectivity index (χ0v) is 13.5. The molecule has 0 aliphatic carbocycles. The third-order valence-electron chi connectivity index (χ3n) is 4.00. The largest absolute Gasteiger partial charge is 0.357 e. The maximum atomic E-state index is 12.0. The Morgan fingerprint density at radius 2 is 1.91 bits per heavy atom. The van der Waals surface area contributed by atoms with Gasteiger partial charge >= 0.3 is 0 Å². The molecule has 1 aliphatic heterocycles. The van der Waals surface area contributed by atoms with Gasteiger partial charge in [0.05, 0.1) is 6.54 Å². The Morgan fingerprint density at radius 1 is 1.17 bits per heavy atom. The fourth-order valence-corrected chi connectivity index (χ4v) is 2.85. The van der Waals surface area contributed by atoms with Crippen LogP contribution in [-0.4, -0.2) is 33.5 Å². The van der Waals surface area contributed by atoms with Gasteiger partial charge < -0.3 is 14.8 Å². The third-order valence-corrected chi connectivity index (χ3v) is 4.00. The van der Waals surface area contributed by atoms with E-state index in [1.807, 2.05) is 42.1 Å². The first kappa shape index (κ1) is 15.5. The van der Waals surface area contributed by atoms with Crippen molar-refractivity contribution in [3.05, 3.63) is 42.1 Å². The molecule has 6 heteroatoms. The number of carbonyl (C=O) groups excluding carboxylic acids is 1. The predicted molar refractivity (Wildman–Crippen MR) is 89.1 cm³/mol. The molecule has 2 aromatic rings. The fraction of sp³-hybridized carbons (Fsp3) is 0.471. The van der Waals surface area contributed by atoms with Crippen LogP contribution < -0.4 is 10.2 Å². The summed E-state index contributed by atoms with van der Waals surface area (Å²) in [6.45, 7) is 4.76. The maximum absolute atomic E-state index is 12.0. The number of anilines is 1. The Hall–Kier alpha value is -2.37. The van der Waals surface area contributed by atoms with Gasteiger partial charge in [-0.1, -0.05) is 0 Å². The minimum atomic E-state index is -0.0363. The van der Waals surface area contributed by atoms with E-state index in [2.05, 4.69) is 20.2 Å². The topological polar surface area (TPSA) is 63.1 Å². The maximum Gasteiger partial charge on any atom is 0.240 e. The van der Waals surface area contributed by atoms with E-state index in [9.17, 15) is 4.79 Å². The Bertz CT molecular complexity index is 647. The summed E-state index contributed by atoms with van der Waals surface area (Å²) >= 11 is 0. The van der Waals surface area contributed by atoms with Gasteiger partial charge in [0.25, 0.3) is 0 Å². The second kappa shape index (κ2) is 7.26. The predicted octanol–water partition coefficient (Wildman–Crippen LogP) is 1.89. The smallest absolute Gasteiger partial charge is 0.240 e. The first-order chi connectivity index (χ1) is 11.2. The average molecular weight is 313 g/mol. The van der Waals surface area contributed by atoms with Crippen LogP contribution >= 0.6 is 0 Å². The highest BCUT2D eigenvalue weighted by molar-refractivity contribution is 5.75. The molecule has 3 rings (SSSR count). The van der Waals surface area contributed by atoms with E-state index in [4.69, 9.17) is 0 Å². The second-order valence-corrected chi connectivity index (χ2v) is 5.96. The lowest BCUT2D eigenvalue weighted by Gasteiger charge is -2.28. The number of hydrogen-bond acceptors (Lipinski definition) is 4. The van der Waals surface area contributed by atoms with Crippen LogP contribution in [0.1, 0.15) is 30.8 Å². The summed E-state index contributed by atoms with van der Waals surface area (Å²) in [5.74, 6) is 1.61. The minimum Gasteiger partial charge on any atom is -0.357 e. The van der Waals surface area contributed by atoms with E-state index in [0.717, 1.165) is 24.6 Å². The lowest BCUT2D eigenvalue weighted by Crippen LogP contribution is -2.31. The molecule has 0 spiro atoms. The molecule has 2 aromatic heterocycles. The van der Waals surface area contributed by atoms with Crippen LogP contribution in [0.5, 0.6) is 0 Å². The van der Waals surface area contributed by atoms with Crippen LogP contribution in [0.4, 0.5) is 5.82 Å². The molecule has 6 nitrogen and oxygen atoms in total. The van der Waals surface area contributed by atoms with Crippen LogP contribution in [0, 0.1) is 6.92 Å². The number of amides is 1. The Kier molecular flexibility index (Phi) is 4.90. The van der Waals surface area contributed by atoms with Crippen LogP contribution in [0.2, 0.25) is 0 Å². The Balaban J connectivity index is 1.60. The zero-order chi connectivity index (χ0) is 16.1. The van der Waals surface area contributed by atoms with Crippen LogP contribution in [0.15, 0.2) is 30.6 Å². The van der Waals surface area contributed by atoms with Gasteiger partial charge in [0.1, 0.15) is 18.2 Å². The van der Waals surface area contributed by atoms with Gasteiger partial charge in [-0.2, -0.15) is 0 Å². The standard InChI is InChI=1S/C17H23N5O/c1-14-11-16(22-9-3-2-4-10-22)20-15(19-14)12-18-17(23)13-21-7-5-6-8-21/h5-8,11H,2-4,9-10,12-13H2,1H3,(H,18,23). The summed E-state index contributed by atoms with van der Waals surface area (Å²) in [4.78, 5) is 23.3. The van der Waals surface area contributed by atoms with Crippen molar-refractivity contribution in [2.75, 3.05) is 18.0 Å². The molecule has 0 atom stereocenters. The molecular formula is C17H23N5O. The fourth-order valence-electron chi connectivity index (χ4n) is 2.85. The molecule has 1 N–H and O–H groups in total. The molecular weight excluding hydrogens is 290 g/mol. The molecule has 0 unspecified atom stereocenters. The molecule has 0 saturated carbocycles. The highest BCUT2D eigenvalue weighted by atomic mass is 16.1. The van der Waals surface area contributed by atoms with Crippen molar-refractivity contribution < 1.29 is 4.79 Å². The molecule has 3 heterocycles. The Morgan fingerprint density at radius 3 is 2.65 bits per heavy atom. The number of nitrogens with zero attached hydrogens (tertiary/aromatic N) is 4. The van der Waals surface area contributed by atoms with Gasteiger partial charge in [0.15, 0.2) is 0 Å². The van der Waals surface area contributed by atoms with Crippen molar-refractivity contribution in [1.29, 1.82) is 0 Å². The number of piperidine rings is 1. The number of aromatic nitrogens is 3. The highest BCUT2D eigenvalue weighted by Crippen LogP contribution is 2.18. The number of rotatable bonds is 5. The SMILES string of the molecule is Cc1cc(N2CCCCC2)nc(CNC(=O)Cn2cccc2)n1. The summed E-state index contributed by atoms with van der Waals surface area (Å²) in [6, 6.07) is 5.83.